The quantitative estimate of drug-likeness (QED) is 0.593. The Balaban J connectivity index is 1.81. The Morgan fingerprint density at radius 1 is 1.10 bits per heavy atom. The fourth-order valence-electron chi connectivity index (χ4n) is 3.74. The molecule has 1 fully saturated rings. The molecule has 1 saturated heterocycles. The summed E-state index contributed by atoms with van der Waals surface area (Å²) >= 11 is 0. The molecule has 1 heterocycles. The molecule has 1 aliphatic heterocycles. The van der Waals surface area contributed by atoms with Crippen LogP contribution in [-0.4, -0.2) is 60.3 Å². The van der Waals surface area contributed by atoms with Gasteiger partial charge in [-0.2, -0.15) is 0 Å². The number of methoxy groups -OCH3 is 3. The summed E-state index contributed by atoms with van der Waals surface area (Å²) in [5.74, 6) is 1.25. The Morgan fingerprint density at radius 2 is 1.84 bits per heavy atom. The summed E-state index contributed by atoms with van der Waals surface area (Å²) in [5.41, 5.74) is 1.33. The Bertz CT molecular complexity index is 1010. The van der Waals surface area contributed by atoms with Gasteiger partial charge in [-0.3, -0.25) is 4.79 Å². The van der Waals surface area contributed by atoms with Gasteiger partial charge in [0, 0.05) is 31.3 Å². The SMILES string of the molecule is COCCNS(=O)(=O)c1ccc(C(=O)N2CCC[C@H]2c2cc(OC)ccc2OC)cc1. The van der Waals surface area contributed by atoms with Gasteiger partial charge in [-0.25, -0.2) is 13.1 Å². The van der Waals surface area contributed by atoms with Crippen molar-refractivity contribution in [2.75, 3.05) is 41.0 Å². The number of benzene rings is 2. The van der Waals surface area contributed by atoms with Gasteiger partial charge in [-0.05, 0) is 55.3 Å². The molecule has 0 radical (unpaired) electrons. The maximum atomic E-state index is 13.2. The number of hydrogen-bond acceptors (Lipinski definition) is 6. The number of carbonyl (C=O) groups is 1. The van der Waals surface area contributed by atoms with Crippen molar-refractivity contribution < 1.29 is 27.4 Å². The van der Waals surface area contributed by atoms with Crippen molar-refractivity contribution in [2.45, 2.75) is 23.8 Å². The van der Waals surface area contributed by atoms with Crippen LogP contribution in [0.5, 0.6) is 11.5 Å². The summed E-state index contributed by atoms with van der Waals surface area (Å²) in [6.07, 6.45) is 1.68. The van der Waals surface area contributed by atoms with Crippen molar-refractivity contribution in [1.82, 2.24) is 9.62 Å². The number of likely N-dealkylation sites (tertiary alicyclic amines) is 1. The molecular formula is C22H28N2O6S. The Labute approximate surface area is 183 Å². The molecule has 0 spiro atoms. The zero-order chi connectivity index (χ0) is 22.4. The van der Waals surface area contributed by atoms with Gasteiger partial charge in [-0.15, -0.1) is 0 Å². The van der Waals surface area contributed by atoms with Gasteiger partial charge in [0.1, 0.15) is 11.5 Å². The van der Waals surface area contributed by atoms with E-state index >= 15 is 0 Å². The third-order valence-electron chi connectivity index (χ3n) is 5.32. The number of carbonyl (C=O) groups excluding carboxylic acids is 1. The Kier molecular flexibility index (Phi) is 7.53. The highest BCUT2D eigenvalue weighted by Gasteiger charge is 2.33. The van der Waals surface area contributed by atoms with Gasteiger partial charge < -0.3 is 19.1 Å². The molecule has 2 aromatic rings. The topological polar surface area (TPSA) is 94.2 Å². The zero-order valence-corrected chi connectivity index (χ0v) is 18.8. The van der Waals surface area contributed by atoms with Crippen molar-refractivity contribution in [3.05, 3.63) is 53.6 Å². The molecule has 0 saturated carbocycles. The van der Waals surface area contributed by atoms with Gasteiger partial charge in [0.25, 0.3) is 5.91 Å². The lowest BCUT2D eigenvalue weighted by molar-refractivity contribution is 0.0734. The maximum Gasteiger partial charge on any atom is 0.254 e. The molecule has 3 rings (SSSR count). The van der Waals surface area contributed by atoms with Crippen LogP contribution in [0.4, 0.5) is 0 Å². The van der Waals surface area contributed by atoms with E-state index in [2.05, 4.69) is 4.72 Å². The Hall–Kier alpha value is -2.62. The lowest BCUT2D eigenvalue weighted by atomic mass is 10.0. The molecule has 9 heteroatoms. The van der Waals surface area contributed by atoms with Gasteiger partial charge >= 0.3 is 0 Å². The number of amides is 1. The van der Waals surface area contributed by atoms with E-state index in [0.29, 0.717) is 23.6 Å². The molecule has 168 valence electrons. The van der Waals surface area contributed by atoms with Gasteiger partial charge in [0.2, 0.25) is 10.0 Å². The minimum absolute atomic E-state index is 0.104. The first-order chi connectivity index (χ1) is 14.9. The largest absolute Gasteiger partial charge is 0.497 e. The molecule has 0 bridgehead atoms. The van der Waals surface area contributed by atoms with Crippen molar-refractivity contribution in [3.63, 3.8) is 0 Å². The summed E-state index contributed by atoms with van der Waals surface area (Å²) in [6.45, 7) is 1.07. The normalized spacial score (nSPS) is 16.4. The van der Waals surface area contributed by atoms with E-state index in [1.807, 2.05) is 18.2 Å². The first-order valence-electron chi connectivity index (χ1n) is 10.0. The number of hydrogen-bond donors (Lipinski definition) is 1. The van der Waals surface area contributed by atoms with E-state index in [1.54, 1.807) is 31.3 Å². The second-order valence-electron chi connectivity index (χ2n) is 7.18. The van der Waals surface area contributed by atoms with E-state index in [9.17, 15) is 13.2 Å². The maximum absolute atomic E-state index is 13.2. The van der Waals surface area contributed by atoms with E-state index in [-0.39, 0.29) is 30.0 Å². The van der Waals surface area contributed by atoms with Gasteiger partial charge in [0.05, 0.1) is 31.8 Å². The van der Waals surface area contributed by atoms with Crippen LogP contribution in [0.25, 0.3) is 0 Å². The van der Waals surface area contributed by atoms with Crippen molar-refractivity contribution >= 4 is 15.9 Å². The second-order valence-corrected chi connectivity index (χ2v) is 8.95. The molecule has 1 atom stereocenters. The first-order valence-corrected chi connectivity index (χ1v) is 11.5. The van der Waals surface area contributed by atoms with Crippen LogP contribution < -0.4 is 14.2 Å². The average molecular weight is 449 g/mol. The van der Waals surface area contributed by atoms with Crippen molar-refractivity contribution in [2.24, 2.45) is 0 Å². The summed E-state index contributed by atoms with van der Waals surface area (Å²) in [5, 5.41) is 0. The van der Waals surface area contributed by atoms with E-state index in [4.69, 9.17) is 14.2 Å². The van der Waals surface area contributed by atoms with Crippen LogP contribution in [0.15, 0.2) is 47.4 Å². The smallest absolute Gasteiger partial charge is 0.254 e. The number of nitrogens with zero attached hydrogens (tertiary/aromatic N) is 1. The van der Waals surface area contributed by atoms with E-state index < -0.39 is 10.0 Å². The summed E-state index contributed by atoms with van der Waals surface area (Å²) in [4.78, 5) is 15.1. The average Bonchev–Trinajstić information content (AvgIpc) is 3.28. The monoisotopic (exact) mass is 448 g/mol. The van der Waals surface area contributed by atoms with Gasteiger partial charge in [0.15, 0.2) is 0 Å². The third-order valence-corrected chi connectivity index (χ3v) is 6.80. The van der Waals surface area contributed by atoms with Crippen LogP contribution >= 0.6 is 0 Å². The highest BCUT2D eigenvalue weighted by Crippen LogP contribution is 2.39. The summed E-state index contributed by atoms with van der Waals surface area (Å²) in [7, 11) is 1.06. The van der Waals surface area contributed by atoms with Gasteiger partial charge in [-0.1, -0.05) is 0 Å². The van der Waals surface area contributed by atoms with Crippen molar-refractivity contribution in [3.8, 4) is 11.5 Å². The molecular weight excluding hydrogens is 420 g/mol. The lowest BCUT2D eigenvalue weighted by Gasteiger charge is -2.27. The minimum atomic E-state index is -3.65. The number of ether oxygens (including phenoxy) is 3. The van der Waals surface area contributed by atoms with Crippen LogP contribution in [0.3, 0.4) is 0 Å². The highest BCUT2D eigenvalue weighted by atomic mass is 32.2. The molecule has 1 amide bonds. The van der Waals surface area contributed by atoms with Crippen LogP contribution in [-0.2, 0) is 14.8 Å². The number of rotatable bonds is 9. The Morgan fingerprint density at radius 3 is 2.48 bits per heavy atom. The zero-order valence-electron chi connectivity index (χ0n) is 18.0. The van der Waals surface area contributed by atoms with Crippen molar-refractivity contribution in [1.29, 1.82) is 0 Å². The fourth-order valence-corrected chi connectivity index (χ4v) is 4.75. The highest BCUT2D eigenvalue weighted by molar-refractivity contribution is 7.89. The molecule has 31 heavy (non-hydrogen) atoms. The fraction of sp³-hybridized carbons (Fsp3) is 0.409. The summed E-state index contributed by atoms with van der Waals surface area (Å²) in [6, 6.07) is 11.4. The van der Waals surface area contributed by atoms with Crippen LogP contribution in [0.1, 0.15) is 34.8 Å². The lowest BCUT2D eigenvalue weighted by Crippen LogP contribution is -2.31. The minimum Gasteiger partial charge on any atom is -0.497 e. The first kappa shape index (κ1) is 23.1. The molecule has 0 aliphatic carbocycles. The standard InChI is InChI=1S/C22H28N2O6S/c1-28-14-12-23-31(26,27)18-9-6-16(7-10-18)22(25)24-13-4-5-20(24)19-15-17(29-2)8-11-21(19)30-3/h6-11,15,20,23H,4-5,12-14H2,1-3H3/t20-/m0/s1. The predicted octanol–water partition coefficient (Wildman–Crippen LogP) is 2.61. The third kappa shape index (κ3) is 5.17. The van der Waals surface area contributed by atoms with E-state index in [1.165, 1.54) is 19.2 Å². The number of sulfonamides is 1. The molecule has 0 unspecified atom stereocenters. The predicted molar refractivity (Wildman–Crippen MR) is 116 cm³/mol. The molecule has 0 aromatic heterocycles. The van der Waals surface area contributed by atoms with E-state index in [0.717, 1.165) is 18.4 Å². The molecule has 1 N–H and O–H groups in total. The molecule has 1 aliphatic rings. The second kappa shape index (κ2) is 10.1. The van der Waals surface area contributed by atoms with Crippen LogP contribution in [0.2, 0.25) is 0 Å². The molecule has 8 nitrogen and oxygen atoms in total. The van der Waals surface area contributed by atoms with Crippen LogP contribution in [0, 0.1) is 0 Å². The summed E-state index contributed by atoms with van der Waals surface area (Å²) < 4.78 is 42.8. The number of nitrogens with one attached hydrogen (secondary N) is 1. The molecule has 2 aromatic carbocycles.